The topological polar surface area (TPSA) is 58.6 Å². The number of ether oxygens (including phenoxy) is 1. The number of halogens is 1. The third-order valence-electron chi connectivity index (χ3n) is 3.00. The molecule has 1 N–H and O–H groups in total. The molecule has 1 fully saturated rings. The van der Waals surface area contributed by atoms with E-state index in [1.165, 1.54) is 4.90 Å². The summed E-state index contributed by atoms with van der Waals surface area (Å²) in [5.41, 5.74) is 0.544. The lowest BCUT2D eigenvalue weighted by atomic mass is 10.2. The smallest absolute Gasteiger partial charge is 0.313 e. The standard InChI is InChI=1S/C14H17ClN2O3/c1-9-7-17(8-10(2)20-9)14(19)13(18)16-12-5-3-11(15)4-6-12/h3-6,9-10H,7-8H2,1-2H3,(H,16,18). The molecule has 0 radical (unpaired) electrons. The third kappa shape index (κ3) is 3.71. The van der Waals surface area contributed by atoms with Crippen molar-refractivity contribution in [3.8, 4) is 0 Å². The van der Waals surface area contributed by atoms with Gasteiger partial charge in [0.25, 0.3) is 0 Å². The molecular formula is C14H17ClN2O3. The van der Waals surface area contributed by atoms with E-state index in [2.05, 4.69) is 5.32 Å². The monoisotopic (exact) mass is 296 g/mol. The third-order valence-corrected chi connectivity index (χ3v) is 3.26. The fourth-order valence-electron chi connectivity index (χ4n) is 2.21. The van der Waals surface area contributed by atoms with Gasteiger partial charge in [0, 0.05) is 23.8 Å². The van der Waals surface area contributed by atoms with Gasteiger partial charge in [-0.05, 0) is 38.1 Å². The Bertz CT molecular complexity index is 494. The summed E-state index contributed by atoms with van der Waals surface area (Å²) in [6.45, 7) is 4.62. The van der Waals surface area contributed by atoms with Gasteiger partial charge in [0.1, 0.15) is 0 Å². The minimum absolute atomic E-state index is 0.0639. The van der Waals surface area contributed by atoms with Gasteiger partial charge in [0.05, 0.1) is 12.2 Å². The van der Waals surface area contributed by atoms with Crippen molar-refractivity contribution in [1.82, 2.24) is 4.90 Å². The van der Waals surface area contributed by atoms with Crippen LogP contribution in [0.15, 0.2) is 24.3 Å². The van der Waals surface area contributed by atoms with E-state index in [4.69, 9.17) is 16.3 Å². The number of amides is 2. The maximum Gasteiger partial charge on any atom is 0.313 e. The van der Waals surface area contributed by atoms with Gasteiger partial charge >= 0.3 is 11.8 Å². The van der Waals surface area contributed by atoms with Crippen molar-refractivity contribution in [3.05, 3.63) is 29.3 Å². The normalized spacial score (nSPS) is 22.4. The van der Waals surface area contributed by atoms with Crippen molar-refractivity contribution in [2.75, 3.05) is 18.4 Å². The minimum Gasteiger partial charge on any atom is -0.372 e. The molecule has 1 saturated heterocycles. The summed E-state index contributed by atoms with van der Waals surface area (Å²) in [7, 11) is 0. The van der Waals surface area contributed by atoms with Crippen LogP contribution in [0, 0.1) is 0 Å². The molecule has 0 saturated carbocycles. The molecule has 1 aromatic rings. The first-order valence-corrected chi connectivity index (χ1v) is 6.85. The number of hydrogen-bond donors (Lipinski definition) is 1. The Morgan fingerprint density at radius 2 is 1.75 bits per heavy atom. The Hall–Kier alpha value is -1.59. The Morgan fingerprint density at radius 3 is 2.30 bits per heavy atom. The van der Waals surface area contributed by atoms with Crippen molar-refractivity contribution in [3.63, 3.8) is 0 Å². The van der Waals surface area contributed by atoms with E-state index in [9.17, 15) is 9.59 Å². The summed E-state index contributed by atoms with van der Waals surface area (Å²) < 4.78 is 5.54. The second-order valence-electron chi connectivity index (χ2n) is 4.93. The Kier molecular flexibility index (Phi) is 4.62. The molecule has 0 aromatic heterocycles. The average molecular weight is 297 g/mol. The summed E-state index contributed by atoms with van der Waals surface area (Å²) in [5, 5.41) is 3.14. The maximum absolute atomic E-state index is 12.1. The van der Waals surface area contributed by atoms with E-state index in [0.29, 0.717) is 23.8 Å². The molecule has 108 valence electrons. The number of rotatable bonds is 1. The van der Waals surface area contributed by atoms with Gasteiger partial charge in [-0.15, -0.1) is 0 Å². The molecule has 1 aliphatic rings. The van der Waals surface area contributed by atoms with Crippen molar-refractivity contribution < 1.29 is 14.3 Å². The predicted octanol–water partition coefficient (Wildman–Crippen LogP) is 1.91. The highest BCUT2D eigenvalue weighted by Gasteiger charge is 2.29. The summed E-state index contributed by atoms with van der Waals surface area (Å²) >= 11 is 5.76. The molecule has 2 atom stereocenters. The highest BCUT2D eigenvalue weighted by Crippen LogP contribution is 2.14. The van der Waals surface area contributed by atoms with Gasteiger partial charge in [-0.3, -0.25) is 9.59 Å². The van der Waals surface area contributed by atoms with E-state index in [1.54, 1.807) is 24.3 Å². The van der Waals surface area contributed by atoms with Crippen LogP contribution in [0.4, 0.5) is 5.69 Å². The van der Waals surface area contributed by atoms with Gasteiger partial charge < -0.3 is 15.0 Å². The molecule has 6 heteroatoms. The second-order valence-corrected chi connectivity index (χ2v) is 5.36. The lowest BCUT2D eigenvalue weighted by Gasteiger charge is -2.34. The molecule has 1 aromatic carbocycles. The van der Waals surface area contributed by atoms with Gasteiger partial charge in [0.15, 0.2) is 0 Å². The molecule has 0 spiro atoms. The Balaban J connectivity index is 1.98. The van der Waals surface area contributed by atoms with E-state index in [1.807, 2.05) is 13.8 Å². The number of morpholine rings is 1. The molecule has 20 heavy (non-hydrogen) atoms. The van der Waals surface area contributed by atoms with Crippen LogP contribution in [-0.4, -0.2) is 42.0 Å². The summed E-state index contributed by atoms with van der Waals surface area (Å²) in [6, 6.07) is 6.61. The van der Waals surface area contributed by atoms with E-state index < -0.39 is 11.8 Å². The zero-order valence-electron chi connectivity index (χ0n) is 11.4. The predicted molar refractivity (Wildman–Crippen MR) is 76.7 cm³/mol. The number of benzene rings is 1. The highest BCUT2D eigenvalue weighted by atomic mass is 35.5. The summed E-state index contributed by atoms with van der Waals surface area (Å²) in [6.07, 6.45) is -0.128. The first-order valence-electron chi connectivity index (χ1n) is 6.47. The molecule has 0 aliphatic carbocycles. The van der Waals surface area contributed by atoms with Crippen LogP contribution in [0.2, 0.25) is 5.02 Å². The van der Waals surface area contributed by atoms with Gasteiger partial charge in [-0.25, -0.2) is 0 Å². The number of carbonyl (C=O) groups is 2. The van der Waals surface area contributed by atoms with Crippen molar-refractivity contribution in [2.24, 2.45) is 0 Å². The SMILES string of the molecule is CC1CN(C(=O)C(=O)Nc2ccc(Cl)cc2)CC(C)O1. The average Bonchev–Trinajstić information content (AvgIpc) is 2.39. The quantitative estimate of drug-likeness (QED) is 0.806. The second kappa shape index (κ2) is 6.24. The molecular weight excluding hydrogens is 280 g/mol. The van der Waals surface area contributed by atoms with Crippen LogP contribution >= 0.6 is 11.6 Å². The first-order chi connectivity index (χ1) is 9.45. The minimum atomic E-state index is -0.645. The van der Waals surface area contributed by atoms with Crippen molar-refractivity contribution in [2.45, 2.75) is 26.1 Å². The van der Waals surface area contributed by atoms with Crippen LogP contribution in [0.25, 0.3) is 0 Å². The van der Waals surface area contributed by atoms with E-state index in [0.717, 1.165) is 0 Å². The van der Waals surface area contributed by atoms with Crippen molar-refractivity contribution in [1.29, 1.82) is 0 Å². The summed E-state index contributed by atoms with van der Waals surface area (Å²) in [5.74, 6) is -1.18. The lowest BCUT2D eigenvalue weighted by molar-refractivity contribution is -0.151. The number of anilines is 1. The maximum atomic E-state index is 12.1. The molecule has 0 bridgehead atoms. The number of hydrogen-bond acceptors (Lipinski definition) is 3. The van der Waals surface area contributed by atoms with E-state index in [-0.39, 0.29) is 12.2 Å². The number of nitrogens with one attached hydrogen (secondary N) is 1. The van der Waals surface area contributed by atoms with Crippen LogP contribution in [-0.2, 0) is 14.3 Å². The van der Waals surface area contributed by atoms with E-state index >= 15 is 0 Å². The first kappa shape index (κ1) is 14.8. The van der Waals surface area contributed by atoms with Crippen molar-refractivity contribution >= 4 is 29.1 Å². The fourth-order valence-corrected chi connectivity index (χ4v) is 2.33. The van der Waals surface area contributed by atoms with Gasteiger partial charge in [-0.2, -0.15) is 0 Å². The zero-order valence-corrected chi connectivity index (χ0v) is 12.2. The van der Waals surface area contributed by atoms with Crippen LogP contribution in [0.3, 0.4) is 0 Å². The van der Waals surface area contributed by atoms with Crippen LogP contribution in [0.1, 0.15) is 13.8 Å². The fraction of sp³-hybridized carbons (Fsp3) is 0.429. The van der Waals surface area contributed by atoms with Crippen LogP contribution < -0.4 is 5.32 Å². The molecule has 2 rings (SSSR count). The largest absolute Gasteiger partial charge is 0.372 e. The lowest BCUT2D eigenvalue weighted by Crippen LogP contribution is -2.51. The molecule has 2 amide bonds. The Labute approximate surface area is 122 Å². The highest BCUT2D eigenvalue weighted by molar-refractivity contribution is 6.39. The van der Waals surface area contributed by atoms with Gasteiger partial charge in [-0.1, -0.05) is 11.6 Å². The zero-order chi connectivity index (χ0) is 14.7. The van der Waals surface area contributed by atoms with Gasteiger partial charge in [0.2, 0.25) is 0 Å². The molecule has 2 unspecified atom stereocenters. The van der Waals surface area contributed by atoms with Crippen LogP contribution in [0.5, 0.6) is 0 Å². The number of carbonyl (C=O) groups excluding carboxylic acids is 2. The summed E-state index contributed by atoms with van der Waals surface area (Å²) in [4.78, 5) is 25.5. The Morgan fingerprint density at radius 1 is 1.20 bits per heavy atom. The molecule has 5 nitrogen and oxygen atoms in total. The number of nitrogens with zero attached hydrogens (tertiary/aromatic N) is 1. The molecule has 1 aliphatic heterocycles. The molecule has 1 heterocycles.